The van der Waals surface area contributed by atoms with Crippen LogP contribution in [0.1, 0.15) is 5.56 Å². The molecule has 0 saturated heterocycles. The van der Waals surface area contributed by atoms with E-state index in [-0.39, 0.29) is 11.7 Å². The average Bonchev–Trinajstić information content (AvgIpc) is 3.35. The van der Waals surface area contributed by atoms with Crippen molar-refractivity contribution in [3.05, 3.63) is 42.2 Å². The van der Waals surface area contributed by atoms with Crippen LogP contribution < -0.4 is 15.3 Å². The van der Waals surface area contributed by atoms with Crippen molar-refractivity contribution < 1.29 is 18.7 Å². The van der Waals surface area contributed by atoms with Crippen molar-refractivity contribution in [3.8, 4) is 23.1 Å². The molecule has 3 rings (SSSR count). The fourth-order valence-corrected chi connectivity index (χ4v) is 3.40. The van der Waals surface area contributed by atoms with Gasteiger partial charge in [-0.1, -0.05) is 23.9 Å². The highest BCUT2D eigenvalue weighted by Gasteiger charge is 2.18. The lowest BCUT2D eigenvalue weighted by atomic mass is 10.1. The second-order valence-electron chi connectivity index (χ2n) is 5.84. The Bertz CT molecular complexity index is 942. The predicted molar refractivity (Wildman–Crippen MR) is 105 cm³/mol. The van der Waals surface area contributed by atoms with Gasteiger partial charge < -0.3 is 24.6 Å². The quantitative estimate of drug-likeness (QED) is 0.449. The van der Waals surface area contributed by atoms with Gasteiger partial charge in [-0.2, -0.15) is 0 Å². The number of benzene rings is 1. The van der Waals surface area contributed by atoms with Crippen molar-refractivity contribution in [2.24, 2.45) is 0 Å². The second-order valence-corrected chi connectivity index (χ2v) is 6.79. The minimum atomic E-state index is -0.0857. The Kier molecular flexibility index (Phi) is 6.09. The topological polar surface area (TPSA) is 109 Å². The van der Waals surface area contributed by atoms with E-state index in [0.717, 1.165) is 5.56 Å². The molecule has 0 spiro atoms. The molecule has 0 unspecified atom stereocenters. The van der Waals surface area contributed by atoms with Crippen LogP contribution >= 0.6 is 11.8 Å². The number of nitrogens with two attached hydrogens (primary N) is 1. The summed E-state index contributed by atoms with van der Waals surface area (Å²) in [6.45, 7) is 0.382. The van der Waals surface area contributed by atoms with Crippen molar-refractivity contribution in [1.29, 1.82) is 0 Å². The summed E-state index contributed by atoms with van der Waals surface area (Å²) in [5, 5.41) is 8.45. The average molecular weight is 403 g/mol. The van der Waals surface area contributed by atoms with Gasteiger partial charge in [0.05, 0.1) is 26.2 Å². The number of amides is 1. The number of ether oxygens (including phenoxy) is 2. The number of thioether (sulfide) groups is 1. The summed E-state index contributed by atoms with van der Waals surface area (Å²) in [7, 11) is 4.88. The Morgan fingerprint density at radius 1 is 1.25 bits per heavy atom. The summed E-state index contributed by atoms with van der Waals surface area (Å²) < 4.78 is 17.3. The number of methoxy groups -OCH3 is 2. The van der Waals surface area contributed by atoms with Crippen LogP contribution in [0.25, 0.3) is 11.6 Å². The first-order valence-electron chi connectivity index (χ1n) is 8.36. The van der Waals surface area contributed by atoms with Crippen LogP contribution in [0.3, 0.4) is 0 Å². The van der Waals surface area contributed by atoms with Crippen LogP contribution in [0.4, 0.5) is 0 Å². The van der Waals surface area contributed by atoms with E-state index < -0.39 is 0 Å². The molecule has 148 valence electrons. The van der Waals surface area contributed by atoms with Crippen LogP contribution in [-0.4, -0.2) is 52.7 Å². The predicted octanol–water partition coefficient (Wildman–Crippen LogP) is 2.02. The fourth-order valence-electron chi connectivity index (χ4n) is 2.61. The number of furan rings is 1. The number of carbonyl (C=O) groups is 1. The van der Waals surface area contributed by atoms with Crippen molar-refractivity contribution in [2.45, 2.75) is 11.7 Å². The van der Waals surface area contributed by atoms with Crippen LogP contribution in [0.15, 0.2) is 46.2 Å². The van der Waals surface area contributed by atoms with Gasteiger partial charge in [0.25, 0.3) is 0 Å². The minimum Gasteiger partial charge on any atom is -0.493 e. The maximum Gasteiger partial charge on any atom is 0.233 e. The molecule has 10 heteroatoms. The molecular formula is C18H21N5O4S. The standard InChI is InChI=1S/C18H21N5O4S/c1-22(10-12-6-4-7-13(25-2)16(12)26-3)15(24)11-28-18-21-20-17(23(18)19)14-8-5-9-27-14/h4-9H,10-11,19H2,1-3H3. The Balaban J connectivity index is 1.63. The SMILES string of the molecule is COc1cccc(CN(C)C(=O)CSc2nnc(-c3ccco3)n2N)c1OC. The molecule has 0 aliphatic rings. The van der Waals surface area contributed by atoms with E-state index in [4.69, 9.17) is 19.7 Å². The third-order valence-corrected chi connectivity index (χ3v) is 4.98. The first-order chi connectivity index (χ1) is 13.5. The first-order valence-corrected chi connectivity index (χ1v) is 9.34. The Labute approximate surface area is 166 Å². The van der Waals surface area contributed by atoms with Gasteiger partial charge in [0.15, 0.2) is 17.3 Å². The Morgan fingerprint density at radius 3 is 2.75 bits per heavy atom. The van der Waals surface area contributed by atoms with E-state index in [1.165, 1.54) is 22.7 Å². The highest BCUT2D eigenvalue weighted by molar-refractivity contribution is 7.99. The molecular weight excluding hydrogens is 382 g/mol. The molecule has 2 N–H and O–H groups in total. The smallest absolute Gasteiger partial charge is 0.233 e. The van der Waals surface area contributed by atoms with Gasteiger partial charge in [-0.15, -0.1) is 10.2 Å². The summed E-state index contributed by atoms with van der Waals surface area (Å²) in [6.07, 6.45) is 1.53. The van der Waals surface area contributed by atoms with Gasteiger partial charge in [0, 0.05) is 19.2 Å². The van der Waals surface area contributed by atoms with E-state index in [2.05, 4.69) is 10.2 Å². The van der Waals surface area contributed by atoms with Crippen LogP contribution in [0.5, 0.6) is 11.5 Å². The molecule has 1 amide bonds. The number of hydrogen-bond acceptors (Lipinski definition) is 8. The van der Waals surface area contributed by atoms with E-state index >= 15 is 0 Å². The number of para-hydroxylation sites is 1. The van der Waals surface area contributed by atoms with E-state index in [1.54, 1.807) is 38.3 Å². The van der Waals surface area contributed by atoms with Gasteiger partial charge in [-0.3, -0.25) is 4.79 Å². The highest BCUT2D eigenvalue weighted by Crippen LogP contribution is 2.31. The van der Waals surface area contributed by atoms with Crippen LogP contribution in [-0.2, 0) is 11.3 Å². The monoisotopic (exact) mass is 403 g/mol. The van der Waals surface area contributed by atoms with Crippen molar-refractivity contribution in [2.75, 3.05) is 32.9 Å². The highest BCUT2D eigenvalue weighted by atomic mass is 32.2. The van der Waals surface area contributed by atoms with E-state index in [9.17, 15) is 4.79 Å². The zero-order valence-corrected chi connectivity index (χ0v) is 16.6. The van der Waals surface area contributed by atoms with Crippen molar-refractivity contribution >= 4 is 17.7 Å². The normalized spacial score (nSPS) is 10.7. The lowest BCUT2D eigenvalue weighted by Crippen LogP contribution is -2.28. The van der Waals surface area contributed by atoms with Gasteiger partial charge in [-0.05, 0) is 18.2 Å². The summed E-state index contributed by atoms with van der Waals surface area (Å²) in [6, 6.07) is 9.04. The molecule has 0 radical (unpaired) electrons. The number of hydrogen-bond donors (Lipinski definition) is 1. The number of nitrogens with zero attached hydrogens (tertiary/aromatic N) is 4. The lowest BCUT2D eigenvalue weighted by Gasteiger charge is -2.19. The van der Waals surface area contributed by atoms with E-state index in [1.807, 2.05) is 18.2 Å². The number of rotatable bonds is 8. The maximum absolute atomic E-state index is 12.5. The number of carbonyl (C=O) groups excluding carboxylic acids is 1. The van der Waals surface area contributed by atoms with Crippen molar-refractivity contribution in [3.63, 3.8) is 0 Å². The molecule has 0 bridgehead atoms. The van der Waals surface area contributed by atoms with Gasteiger partial charge in [0.1, 0.15) is 0 Å². The summed E-state index contributed by atoms with van der Waals surface area (Å²) >= 11 is 1.21. The summed E-state index contributed by atoms with van der Waals surface area (Å²) in [4.78, 5) is 14.1. The number of aromatic nitrogens is 3. The molecule has 0 atom stereocenters. The minimum absolute atomic E-state index is 0.0857. The summed E-state index contributed by atoms with van der Waals surface area (Å²) in [5.41, 5.74) is 0.852. The fraction of sp³-hybridized carbons (Fsp3) is 0.278. The molecule has 0 aliphatic carbocycles. The molecule has 1 aromatic carbocycles. The third-order valence-electron chi connectivity index (χ3n) is 4.05. The van der Waals surface area contributed by atoms with Gasteiger partial charge in [-0.25, -0.2) is 4.68 Å². The molecule has 0 fully saturated rings. The maximum atomic E-state index is 12.5. The second kappa shape index (κ2) is 8.70. The zero-order chi connectivity index (χ0) is 20.1. The third kappa shape index (κ3) is 4.06. The molecule has 3 aromatic rings. The number of nitrogen functional groups attached to an aromatic ring is 1. The first kappa shape index (κ1) is 19.6. The Morgan fingerprint density at radius 2 is 2.07 bits per heavy atom. The molecule has 9 nitrogen and oxygen atoms in total. The largest absolute Gasteiger partial charge is 0.493 e. The molecule has 0 saturated carbocycles. The van der Waals surface area contributed by atoms with E-state index in [0.29, 0.717) is 34.8 Å². The lowest BCUT2D eigenvalue weighted by molar-refractivity contribution is -0.127. The molecule has 2 heterocycles. The van der Waals surface area contributed by atoms with Crippen LogP contribution in [0.2, 0.25) is 0 Å². The Hall–Kier alpha value is -3.14. The van der Waals surface area contributed by atoms with Crippen molar-refractivity contribution in [1.82, 2.24) is 19.8 Å². The zero-order valence-electron chi connectivity index (χ0n) is 15.8. The van der Waals surface area contributed by atoms with Gasteiger partial charge in [0.2, 0.25) is 16.9 Å². The molecule has 28 heavy (non-hydrogen) atoms. The summed E-state index contributed by atoms with van der Waals surface area (Å²) in [5.74, 6) is 8.23. The molecule has 2 aromatic heterocycles. The molecule has 0 aliphatic heterocycles. The van der Waals surface area contributed by atoms with Crippen LogP contribution in [0, 0.1) is 0 Å². The van der Waals surface area contributed by atoms with Gasteiger partial charge >= 0.3 is 0 Å².